The van der Waals surface area contributed by atoms with Crippen molar-refractivity contribution in [2.45, 2.75) is 51.9 Å². The molecule has 0 amide bonds. The van der Waals surface area contributed by atoms with Crippen LogP contribution in [-0.4, -0.2) is 114 Å². The molecule has 0 aliphatic carbocycles. The fourth-order valence-corrected chi connectivity index (χ4v) is 2.87. The predicted molar refractivity (Wildman–Crippen MR) is 148 cm³/mol. The van der Waals surface area contributed by atoms with Crippen LogP contribution in [0, 0.1) is 0 Å². The summed E-state index contributed by atoms with van der Waals surface area (Å²) in [5, 5.41) is 22.7. The molecular formula is C22H44Cl2MnN5O8-5. The molecule has 0 unspecified atom stereocenters. The normalized spacial score (nSPS) is 23.3. The van der Waals surface area contributed by atoms with Gasteiger partial charge < -0.3 is 45.5 Å². The van der Waals surface area contributed by atoms with Crippen LogP contribution in [0.5, 0.6) is 0 Å². The van der Waals surface area contributed by atoms with E-state index in [1.807, 2.05) is 0 Å². The van der Waals surface area contributed by atoms with Crippen LogP contribution in [0.4, 0.5) is 0 Å². The van der Waals surface area contributed by atoms with Crippen molar-refractivity contribution in [3.63, 3.8) is 0 Å². The number of rotatable bonds is 8. The van der Waals surface area contributed by atoms with Gasteiger partial charge in [0.05, 0.1) is 26.4 Å². The van der Waals surface area contributed by atoms with E-state index < -0.39 is 48.0 Å². The van der Waals surface area contributed by atoms with Crippen molar-refractivity contribution in [3.8, 4) is 0 Å². The summed E-state index contributed by atoms with van der Waals surface area (Å²) in [6.45, 7) is 7.15. The van der Waals surface area contributed by atoms with Crippen molar-refractivity contribution in [2.24, 2.45) is 0 Å². The van der Waals surface area contributed by atoms with E-state index in [1.165, 1.54) is 27.7 Å². The molecule has 1 rings (SSSR count). The number of hydrogen-bond acceptors (Lipinski definition) is 8. The summed E-state index contributed by atoms with van der Waals surface area (Å²) in [4.78, 5) is 45.2. The van der Waals surface area contributed by atoms with E-state index in [1.54, 1.807) is 0 Å². The van der Waals surface area contributed by atoms with Gasteiger partial charge in [-0.05, 0) is 0 Å². The molecule has 1 heterocycles. The Balaban J connectivity index is -0.000000623. The molecule has 0 bridgehead atoms. The van der Waals surface area contributed by atoms with Crippen molar-refractivity contribution >= 4 is 44.1 Å². The maximum Gasteiger partial charge on any atom is 0 e. The van der Waals surface area contributed by atoms with Gasteiger partial charge in [-0.1, -0.05) is 0 Å². The Bertz CT molecular complexity index is 663. The van der Waals surface area contributed by atoms with Gasteiger partial charge in [0.15, 0.2) is 0 Å². The summed E-state index contributed by atoms with van der Waals surface area (Å²) in [5.41, 5.74) is 0. The molecule has 1 aliphatic heterocycles. The van der Waals surface area contributed by atoms with Gasteiger partial charge in [-0.15, -0.1) is 24.2 Å². The molecule has 13 nitrogen and oxygen atoms in total. The van der Waals surface area contributed by atoms with Gasteiger partial charge in [0.2, 0.25) is 0 Å². The molecule has 16 heteroatoms. The number of carbonyl (C=O) groups is 4. The molecule has 0 aromatic carbocycles. The number of esters is 4. The third-order valence-corrected chi connectivity index (χ3v) is 4.62. The minimum Gasteiger partial charge on any atom is 0 e. The Kier molecular flexibility index (Phi) is 22.9. The predicted octanol–water partition coefficient (Wildman–Crippen LogP) is 3.96. The fourth-order valence-electron chi connectivity index (χ4n) is 2.87. The molecule has 0 spiro atoms. The molecule has 0 radical (unpaired) electrons. The van der Waals surface area contributed by atoms with Crippen LogP contribution in [0.3, 0.4) is 0 Å². The standard InChI is InChI=1S/C22H36N5O8.2ClH.Mn.4H2/c1-15(28)32-11-19-7-23-5-6-24-20(12-33-16(2)29)8-26-22(14-35-18(4)31)10-27-21(9-25-19)13-34-17(3)30;;;;;;;/h19-22H,5-14H2,1-4H3;2*1H;;4*1H/q-5;;;+2;;;;/p-2/t19-,20+,21+,22-;;;;;;;/m0......./s1. The molecule has 231 valence electrons. The summed E-state index contributed by atoms with van der Waals surface area (Å²) < 4.78 is 20.5. The number of ether oxygens (including phenoxy) is 4. The molecule has 4 atom stereocenters. The van der Waals surface area contributed by atoms with Crippen LogP contribution in [0.2, 0.25) is 0 Å². The minimum absolute atomic E-state index is 0. The molecule has 0 saturated carbocycles. The second-order valence-corrected chi connectivity index (χ2v) is 9.96. The monoisotopic (exact) mass is 631 g/mol. The summed E-state index contributed by atoms with van der Waals surface area (Å²) in [5.74, 6) is -1.73. The molecule has 0 aromatic rings. The molecule has 1 saturated heterocycles. The van der Waals surface area contributed by atoms with E-state index in [-0.39, 0.29) is 64.9 Å². The van der Waals surface area contributed by atoms with E-state index in [0.717, 1.165) is 0 Å². The van der Waals surface area contributed by atoms with E-state index in [0.29, 0.717) is 19.6 Å². The van der Waals surface area contributed by atoms with E-state index >= 15 is 0 Å². The zero-order chi connectivity index (χ0) is 28.8. The van der Waals surface area contributed by atoms with E-state index in [9.17, 15) is 19.2 Å². The number of nitrogens with zero attached hydrogens (tertiary/aromatic N) is 5. The van der Waals surface area contributed by atoms with Crippen LogP contribution in [0.15, 0.2) is 0 Å². The van der Waals surface area contributed by atoms with E-state index in [2.05, 4.69) is 26.6 Å². The average Bonchev–Trinajstić information content (AvgIpc) is 2.84. The van der Waals surface area contributed by atoms with Gasteiger partial charge >= 0.3 is 57.2 Å². The summed E-state index contributed by atoms with van der Waals surface area (Å²) in [6.07, 6.45) is 0. The van der Waals surface area contributed by atoms with Crippen molar-refractivity contribution in [1.82, 2.24) is 0 Å². The molecule has 1 fully saturated rings. The summed E-state index contributed by atoms with van der Waals surface area (Å²) >= 11 is 0.00694. The second kappa shape index (κ2) is 23.6. The smallest absolute Gasteiger partial charge is 0 e. The SMILES string of the molecule is CC(=O)OC[C@H]1C[N-][C@H](COC(C)=O)C[N-][C@@H](COC(C)=O)C[N-][C@H](COC(C)=O)C[N-]CC[N-]1.[Cl][Mn][Cl].[HH].[HH].[HH].[HH]. The minimum atomic E-state index is -0.472. The first-order valence-corrected chi connectivity index (χ1v) is 15.0. The van der Waals surface area contributed by atoms with Gasteiger partial charge in [-0.2, -0.15) is 39.3 Å². The van der Waals surface area contributed by atoms with E-state index in [4.69, 9.17) is 39.1 Å². The third kappa shape index (κ3) is 22.7. The molecule has 38 heavy (non-hydrogen) atoms. The molecule has 1 aliphatic rings. The van der Waals surface area contributed by atoms with Crippen LogP contribution in [0.25, 0.3) is 26.6 Å². The van der Waals surface area contributed by atoms with Gasteiger partial charge in [0.25, 0.3) is 0 Å². The third-order valence-electron chi connectivity index (χ3n) is 4.62. The second-order valence-electron chi connectivity index (χ2n) is 8.01. The summed E-state index contributed by atoms with van der Waals surface area (Å²) in [7, 11) is 9.59. The first-order chi connectivity index (χ1) is 18.1. The largest absolute Gasteiger partial charge is 0 e. The zero-order valence-corrected chi connectivity index (χ0v) is 24.7. The number of carbonyl (C=O) groups excluding carboxylic acids is 4. The van der Waals surface area contributed by atoms with Gasteiger partial charge in [0, 0.05) is 33.4 Å². The van der Waals surface area contributed by atoms with Gasteiger partial charge in [0.1, 0.15) is 0 Å². The van der Waals surface area contributed by atoms with Crippen LogP contribution in [0.1, 0.15) is 33.4 Å². The molecular weight excluding hydrogens is 588 g/mol. The zero-order valence-electron chi connectivity index (χ0n) is 22.0. The van der Waals surface area contributed by atoms with Crippen LogP contribution < -0.4 is 0 Å². The molecule has 0 N–H and O–H groups in total. The first-order valence-electron chi connectivity index (χ1n) is 11.8. The Hall–Kier alpha value is -1.22. The number of hydrogen-bond donors (Lipinski definition) is 0. The number of halogens is 2. The van der Waals surface area contributed by atoms with Gasteiger partial charge in [-0.25, -0.2) is 0 Å². The quantitative estimate of drug-likeness (QED) is 0.219. The fraction of sp³-hybridized carbons (Fsp3) is 0.818. The van der Waals surface area contributed by atoms with Crippen molar-refractivity contribution in [1.29, 1.82) is 0 Å². The Morgan fingerprint density at radius 1 is 0.605 bits per heavy atom. The van der Waals surface area contributed by atoms with Crippen molar-refractivity contribution in [3.05, 3.63) is 26.6 Å². The topological polar surface area (TPSA) is 176 Å². The van der Waals surface area contributed by atoms with Crippen molar-refractivity contribution < 1.29 is 57.0 Å². The Labute approximate surface area is 245 Å². The van der Waals surface area contributed by atoms with Crippen molar-refractivity contribution in [2.75, 3.05) is 65.7 Å². The average molecular weight is 632 g/mol. The Morgan fingerprint density at radius 3 is 1.21 bits per heavy atom. The van der Waals surface area contributed by atoms with Crippen LogP contribution >= 0.6 is 20.2 Å². The Morgan fingerprint density at radius 2 is 0.895 bits per heavy atom. The van der Waals surface area contributed by atoms with Crippen LogP contribution in [-0.2, 0) is 51.3 Å². The van der Waals surface area contributed by atoms with Gasteiger partial charge in [-0.3, -0.25) is 19.2 Å². The maximum absolute atomic E-state index is 11.3. The first kappa shape index (κ1) is 36.8. The molecule has 0 aromatic heterocycles. The summed E-state index contributed by atoms with van der Waals surface area (Å²) in [6, 6.07) is -1.73. The maximum atomic E-state index is 11.3.